The zero-order chi connectivity index (χ0) is 20.6. The molecule has 0 amide bonds. The summed E-state index contributed by atoms with van der Waals surface area (Å²) in [5.41, 5.74) is 2.47. The predicted octanol–water partition coefficient (Wildman–Crippen LogP) is 5.98. The van der Waals surface area contributed by atoms with Crippen LogP contribution in [0.5, 0.6) is 5.75 Å². The first-order valence-electron chi connectivity index (χ1n) is 10.3. The second kappa shape index (κ2) is 10.2. The summed E-state index contributed by atoms with van der Waals surface area (Å²) in [6.07, 6.45) is 1.89. The van der Waals surface area contributed by atoms with Gasteiger partial charge in [-0.15, -0.1) is 0 Å². The number of hydrogen-bond acceptors (Lipinski definition) is 3. The Morgan fingerprint density at radius 1 is 1.00 bits per heavy atom. The van der Waals surface area contributed by atoms with Gasteiger partial charge in [-0.05, 0) is 61.4 Å². The van der Waals surface area contributed by atoms with E-state index in [1.54, 1.807) is 0 Å². The molecule has 3 nitrogen and oxygen atoms in total. The van der Waals surface area contributed by atoms with Gasteiger partial charge in [0, 0.05) is 13.0 Å². The minimum atomic E-state index is -1.70. The molecule has 0 aliphatic heterocycles. The van der Waals surface area contributed by atoms with Gasteiger partial charge in [0.1, 0.15) is 11.9 Å². The number of rotatable bonds is 10. The third-order valence-corrected chi connectivity index (χ3v) is 10.2. The molecule has 0 heterocycles. The number of hydrogen-bond donors (Lipinski definition) is 1. The predicted molar refractivity (Wildman–Crippen MR) is 122 cm³/mol. The van der Waals surface area contributed by atoms with Crippen LogP contribution in [0.1, 0.15) is 44.4 Å². The Morgan fingerprint density at radius 3 is 2.36 bits per heavy atom. The lowest BCUT2D eigenvalue weighted by molar-refractivity contribution is 0.194. The lowest BCUT2D eigenvalue weighted by Gasteiger charge is -2.36. The molecule has 4 heteroatoms. The van der Waals surface area contributed by atoms with Crippen molar-refractivity contribution in [2.45, 2.75) is 57.8 Å². The van der Waals surface area contributed by atoms with Crippen LogP contribution in [0.15, 0.2) is 54.6 Å². The molecule has 1 N–H and O–H groups in total. The molecule has 2 aromatic carbocycles. The molecule has 0 fully saturated rings. The van der Waals surface area contributed by atoms with E-state index in [1.165, 1.54) is 11.1 Å². The van der Waals surface area contributed by atoms with Gasteiger partial charge in [-0.3, -0.25) is 0 Å². The van der Waals surface area contributed by atoms with Gasteiger partial charge >= 0.3 is 0 Å². The Balaban J connectivity index is 2.01. The third-order valence-electron chi connectivity index (χ3n) is 5.66. The zero-order valence-electron chi connectivity index (χ0n) is 18.4. The summed E-state index contributed by atoms with van der Waals surface area (Å²) < 4.78 is 12.7. The molecule has 0 saturated heterocycles. The summed E-state index contributed by atoms with van der Waals surface area (Å²) in [6.45, 7) is 13.1. The highest BCUT2D eigenvalue weighted by atomic mass is 28.4. The normalized spacial score (nSPS) is 13.4. The van der Waals surface area contributed by atoms with Crippen LogP contribution in [0, 0.1) is 0 Å². The van der Waals surface area contributed by atoms with Crippen LogP contribution in [-0.4, -0.2) is 28.5 Å². The van der Waals surface area contributed by atoms with Crippen molar-refractivity contribution in [3.05, 3.63) is 65.7 Å². The van der Waals surface area contributed by atoms with Gasteiger partial charge in [-0.25, -0.2) is 0 Å². The van der Waals surface area contributed by atoms with Crippen molar-refractivity contribution in [1.82, 2.24) is 5.32 Å². The average Bonchev–Trinajstić information content (AvgIpc) is 2.65. The molecule has 0 aliphatic rings. The van der Waals surface area contributed by atoms with E-state index < -0.39 is 8.32 Å². The van der Waals surface area contributed by atoms with E-state index >= 15 is 0 Å². The monoisotopic (exact) mass is 399 g/mol. The Labute approximate surface area is 172 Å². The molecule has 0 aromatic heterocycles. The minimum Gasteiger partial charge on any atom is -0.486 e. The standard InChI is InChI=1S/C24H37NO2Si/c1-24(2,3)28(5,6)26-18-16-20-11-10-14-22(19-20)27-23(15-17-25-4)21-12-8-7-9-13-21/h7-14,19,23,25H,15-18H2,1-6H3/t23-/m1/s1. The summed E-state index contributed by atoms with van der Waals surface area (Å²) in [5, 5.41) is 3.47. The third kappa shape index (κ3) is 6.76. The molecule has 28 heavy (non-hydrogen) atoms. The average molecular weight is 400 g/mol. The molecule has 0 aliphatic carbocycles. The van der Waals surface area contributed by atoms with Gasteiger partial charge in [0.15, 0.2) is 8.32 Å². The van der Waals surface area contributed by atoms with Crippen molar-refractivity contribution in [2.75, 3.05) is 20.2 Å². The minimum absolute atomic E-state index is 0.0485. The van der Waals surface area contributed by atoms with E-state index in [9.17, 15) is 0 Å². The van der Waals surface area contributed by atoms with E-state index in [-0.39, 0.29) is 11.1 Å². The van der Waals surface area contributed by atoms with Crippen molar-refractivity contribution in [3.8, 4) is 5.75 Å². The fourth-order valence-corrected chi connectivity index (χ4v) is 3.86. The van der Waals surface area contributed by atoms with Crippen LogP contribution in [0.4, 0.5) is 0 Å². The second-order valence-corrected chi connectivity index (χ2v) is 13.7. The van der Waals surface area contributed by atoms with E-state index in [4.69, 9.17) is 9.16 Å². The SMILES string of the molecule is CNCC[C@@H](Oc1cccc(CCO[Si](C)(C)C(C)(C)C)c1)c1ccccc1. The van der Waals surface area contributed by atoms with Crippen LogP contribution in [-0.2, 0) is 10.8 Å². The molecule has 2 rings (SSSR count). The van der Waals surface area contributed by atoms with Gasteiger partial charge in [0.2, 0.25) is 0 Å². The zero-order valence-corrected chi connectivity index (χ0v) is 19.4. The molecule has 154 valence electrons. The van der Waals surface area contributed by atoms with Gasteiger partial charge < -0.3 is 14.5 Å². The molecule has 0 bridgehead atoms. The van der Waals surface area contributed by atoms with E-state index in [2.05, 4.69) is 81.6 Å². The molecule has 0 saturated carbocycles. The first kappa shape index (κ1) is 22.7. The van der Waals surface area contributed by atoms with Crippen LogP contribution in [0.3, 0.4) is 0 Å². The first-order chi connectivity index (χ1) is 13.2. The summed E-state index contributed by atoms with van der Waals surface area (Å²) >= 11 is 0. The van der Waals surface area contributed by atoms with Gasteiger partial charge in [0.25, 0.3) is 0 Å². The van der Waals surface area contributed by atoms with Crippen molar-refractivity contribution < 1.29 is 9.16 Å². The second-order valence-electron chi connectivity index (χ2n) is 8.92. The van der Waals surface area contributed by atoms with Crippen LogP contribution in [0.25, 0.3) is 0 Å². The van der Waals surface area contributed by atoms with Gasteiger partial charge in [-0.2, -0.15) is 0 Å². The fraction of sp³-hybridized carbons (Fsp3) is 0.500. The van der Waals surface area contributed by atoms with Gasteiger partial charge in [-0.1, -0.05) is 63.2 Å². The lowest BCUT2D eigenvalue weighted by atomic mass is 10.1. The summed E-state index contributed by atoms with van der Waals surface area (Å²) in [4.78, 5) is 0. The number of nitrogens with one attached hydrogen (secondary N) is 1. The quantitative estimate of drug-likeness (QED) is 0.498. The maximum atomic E-state index is 6.37. The molecule has 2 aromatic rings. The summed E-state index contributed by atoms with van der Waals surface area (Å²) in [7, 11) is 0.281. The summed E-state index contributed by atoms with van der Waals surface area (Å²) in [6, 6.07) is 18.9. The van der Waals surface area contributed by atoms with E-state index in [1.807, 2.05) is 19.2 Å². The molecule has 0 radical (unpaired) electrons. The van der Waals surface area contributed by atoms with Crippen molar-refractivity contribution in [2.24, 2.45) is 0 Å². The molecular weight excluding hydrogens is 362 g/mol. The lowest BCUT2D eigenvalue weighted by Crippen LogP contribution is -2.41. The molecule has 0 spiro atoms. The van der Waals surface area contributed by atoms with Crippen molar-refractivity contribution in [1.29, 1.82) is 0 Å². The van der Waals surface area contributed by atoms with Crippen molar-refractivity contribution >= 4 is 8.32 Å². The Morgan fingerprint density at radius 2 is 1.71 bits per heavy atom. The molecule has 1 atom stereocenters. The topological polar surface area (TPSA) is 30.5 Å². The number of benzene rings is 2. The van der Waals surface area contributed by atoms with E-state index in [0.717, 1.165) is 31.7 Å². The highest BCUT2D eigenvalue weighted by Gasteiger charge is 2.36. The fourth-order valence-electron chi connectivity index (χ4n) is 2.82. The number of ether oxygens (including phenoxy) is 1. The maximum Gasteiger partial charge on any atom is 0.191 e. The Bertz CT molecular complexity index is 710. The Hall–Kier alpha value is -1.62. The van der Waals surface area contributed by atoms with Crippen LogP contribution >= 0.6 is 0 Å². The van der Waals surface area contributed by atoms with E-state index in [0.29, 0.717) is 0 Å². The first-order valence-corrected chi connectivity index (χ1v) is 13.2. The molecular formula is C24H37NO2Si. The maximum absolute atomic E-state index is 6.37. The van der Waals surface area contributed by atoms with Crippen molar-refractivity contribution in [3.63, 3.8) is 0 Å². The highest BCUT2D eigenvalue weighted by molar-refractivity contribution is 6.74. The Kier molecular flexibility index (Phi) is 8.29. The highest BCUT2D eigenvalue weighted by Crippen LogP contribution is 2.36. The van der Waals surface area contributed by atoms with Crippen LogP contribution < -0.4 is 10.1 Å². The smallest absolute Gasteiger partial charge is 0.191 e. The van der Waals surface area contributed by atoms with Crippen LogP contribution in [0.2, 0.25) is 18.1 Å². The van der Waals surface area contributed by atoms with Gasteiger partial charge in [0.05, 0.1) is 0 Å². The summed E-state index contributed by atoms with van der Waals surface area (Å²) in [5.74, 6) is 0.926. The largest absolute Gasteiger partial charge is 0.486 e. The molecule has 0 unspecified atom stereocenters.